The summed E-state index contributed by atoms with van der Waals surface area (Å²) in [7, 11) is 4.59. The van der Waals surface area contributed by atoms with Gasteiger partial charge in [-0.1, -0.05) is 36.4 Å². The lowest BCUT2D eigenvalue weighted by molar-refractivity contribution is -0.0691. The average molecular weight is 364 g/mol. The van der Waals surface area contributed by atoms with E-state index in [1.807, 2.05) is 0 Å². The number of piperidine rings is 2. The van der Waals surface area contributed by atoms with Gasteiger partial charge in [0, 0.05) is 35.3 Å². The van der Waals surface area contributed by atoms with E-state index in [1.54, 1.807) is 0 Å². The first-order valence-electron chi connectivity index (χ1n) is 9.81. The number of para-hydroxylation sites is 2. The van der Waals surface area contributed by atoms with E-state index in [0.717, 1.165) is 13.1 Å². The van der Waals surface area contributed by atoms with Crippen LogP contribution in [0.25, 0.3) is 0 Å². The summed E-state index contributed by atoms with van der Waals surface area (Å²) in [5.74, 6) is 0. The van der Waals surface area contributed by atoms with Gasteiger partial charge in [0.2, 0.25) is 0 Å². The Morgan fingerprint density at radius 3 is 1.59 bits per heavy atom. The molecule has 27 heavy (non-hydrogen) atoms. The van der Waals surface area contributed by atoms with E-state index in [2.05, 4.69) is 83.1 Å². The average Bonchev–Trinajstić information content (AvgIpc) is 2.67. The molecule has 4 N–H and O–H groups in total. The Morgan fingerprint density at radius 1 is 0.741 bits per heavy atom. The van der Waals surface area contributed by atoms with Crippen LogP contribution in [0.1, 0.15) is 24.0 Å². The van der Waals surface area contributed by atoms with Crippen LogP contribution >= 0.6 is 0 Å². The zero-order chi connectivity index (χ0) is 17.5. The molecule has 4 aliphatic heterocycles. The second-order valence-electron chi connectivity index (χ2n) is 8.59. The summed E-state index contributed by atoms with van der Waals surface area (Å²) >= 11 is 0. The molecule has 0 unspecified atom stereocenters. The second kappa shape index (κ2) is 5.47. The van der Waals surface area contributed by atoms with Crippen LogP contribution in [0.5, 0.6) is 0 Å². The summed E-state index contributed by atoms with van der Waals surface area (Å²) in [6.45, 7) is 2.25. The van der Waals surface area contributed by atoms with Crippen LogP contribution in [-0.2, 0) is 10.8 Å². The van der Waals surface area contributed by atoms with Crippen molar-refractivity contribution in [3.8, 4) is 0 Å². The van der Waals surface area contributed by atoms with Crippen molar-refractivity contribution in [2.75, 3.05) is 37.8 Å². The molecule has 2 fully saturated rings. The van der Waals surface area contributed by atoms with Gasteiger partial charge in [0.25, 0.3) is 0 Å². The molecule has 4 atom stereocenters. The van der Waals surface area contributed by atoms with Gasteiger partial charge in [-0.3, -0.25) is 9.80 Å². The van der Waals surface area contributed by atoms with Gasteiger partial charge in [-0.05, 0) is 50.2 Å². The summed E-state index contributed by atoms with van der Waals surface area (Å²) in [6, 6.07) is 18.1. The van der Waals surface area contributed by atoms with Crippen molar-refractivity contribution in [1.82, 2.24) is 9.80 Å². The maximum Gasteiger partial charge on any atom is 0.0901 e. The quantitative estimate of drug-likeness (QED) is 0.752. The summed E-state index contributed by atoms with van der Waals surface area (Å²) in [5.41, 5.74) is 5.86. The molecule has 4 aliphatic rings. The number of anilines is 2. The minimum Gasteiger partial charge on any atom is -0.412 e. The molecule has 4 bridgehead atoms. The van der Waals surface area contributed by atoms with E-state index in [9.17, 15) is 0 Å². The molecule has 142 valence electrons. The fourth-order valence-electron chi connectivity index (χ4n) is 6.73. The van der Waals surface area contributed by atoms with E-state index >= 15 is 0 Å². The molecule has 4 heterocycles. The first-order valence-corrected chi connectivity index (χ1v) is 9.81. The van der Waals surface area contributed by atoms with E-state index < -0.39 is 0 Å². The van der Waals surface area contributed by atoms with Gasteiger partial charge in [-0.25, -0.2) is 0 Å². The van der Waals surface area contributed by atoms with Crippen molar-refractivity contribution < 1.29 is 5.48 Å². The number of likely N-dealkylation sites (N-methyl/N-ethyl adjacent to an activating group) is 2. The number of nitrogens with one attached hydrogen (secondary N) is 2. The molecule has 0 saturated carbocycles. The molecule has 2 aromatic rings. The van der Waals surface area contributed by atoms with E-state index in [1.165, 1.54) is 35.3 Å². The van der Waals surface area contributed by atoms with Crippen LogP contribution in [0.2, 0.25) is 0 Å². The monoisotopic (exact) mass is 364 g/mol. The molecule has 5 heteroatoms. The Hall–Kier alpha value is -2.08. The zero-order valence-corrected chi connectivity index (χ0v) is 16.0. The highest BCUT2D eigenvalue weighted by atomic mass is 16.0. The lowest BCUT2D eigenvalue weighted by Gasteiger charge is -2.71. The van der Waals surface area contributed by atoms with Crippen LogP contribution in [-0.4, -0.2) is 54.8 Å². The Bertz CT molecular complexity index is 828. The van der Waals surface area contributed by atoms with Crippen LogP contribution < -0.4 is 10.6 Å². The van der Waals surface area contributed by atoms with Gasteiger partial charge >= 0.3 is 0 Å². The number of likely N-dealkylation sites (tertiary alicyclic amines) is 2. The number of benzene rings is 2. The third kappa shape index (κ3) is 1.76. The van der Waals surface area contributed by atoms with Crippen molar-refractivity contribution >= 4 is 11.4 Å². The standard InChI is InChI=1S/C22H26N4.H2O/c1-25-13-11-22-16-8-4-5-9-17(16)23-19(25)21(22)12-14-26(2)20(22)24-18-10-6-3-7-15(18)21;/h3-10,19-20,23-24H,11-14H2,1-2H3;1H2/t19-,20-,21-,22-;/m0./s1. The number of hydrogen-bond donors (Lipinski definition) is 2. The molecule has 0 radical (unpaired) electrons. The molecule has 0 amide bonds. The van der Waals surface area contributed by atoms with Crippen molar-refractivity contribution in [2.24, 2.45) is 0 Å². The van der Waals surface area contributed by atoms with Crippen LogP contribution in [0.15, 0.2) is 48.5 Å². The third-order valence-electron chi connectivity index (χ3n) is 7.73. The molecule has 0 aromatic heterocycles. The van der Waals surface area contributed by atoms with Gasteiger partial charge in [0.15, 0.2) is 0 Å². The second-order valence-corrected chi connectivity index (χ2v) is 8.59. The van der Waals surface area contributed by atoms with Gasteiger partial charge in [-0.2, -0.15) is 0 Å². The zero-order valence-electron chi connectivity index (χ0n) is 16.0. The summed E-state index contributed by atoms with van der Waals surface area (Å²) in [5, 5.41) is 7.91. The fraction of sp³-hybridized carbons (Fsp3) is 0.455. The largest absolute Gasteiger partial charge is 0.412 e. The van der Waals surface area contributed by atoms with Crippen molar-refractivity contribution in [3.63, 3.8) is 0 Å². The highest BCUT2D eigenvalue weighted by Gasteiger charge is 2.70. The van der Waals surface area contributed by atoms with E-state index in [4.69, 9.17) is 0 Å². The number of rotatable bonds is 0. The minimum atomic E-state index is 0. The molecule has 2 saturated heterocycles. The fourth-order valence-corrected chi connectivity index (χ4v) is 6.73. The molecular weight excluding hydrogens is 336 g/mol. The predicted octanol–water partition coefficient (Wildman–Crippen LogP) is 2.21. The Morgan fingerprint density at radius 2 is 1.15 bits per heavy atom. The highest BCUT2D eigenvalue weighted by molar-refractivity contribution is 5.72. The number of fused-ring (bicyclic) bond motifs is 2. The molecule has 0 spiro atoms. The van der Waals surface area contributed by atoms with Crippen molar-refractivity contribution in [3.05, 3.63) is 59.7 Å². The normalized spacial score (nSPS) is 36.2. The Balaban J connectivity index is 0.00000160. The third-order valence-corrected chi connectivity index (χ3v) is 7.73. The Labute approximate surface area is 160 Å². The smallest absolute Gasteiger partial charge is 0.0901 e. The van der Waals surface area contributed by atoms with Crippen molar-refractivity contribution in [2.45, 2.75) is 36.0 Å². The molecule has 0 aliphatic carbocycles. The lowest BCUT2D eigenvalue weighted by Crippen LogP contribution is -2.80. The number of nitrogens with zero attached hydrogens (tertiary/aromatic N) is 2. The Kier molecular flexibility index (Phi) is 3.46. The number of hydrogen-bond acceptors (Lipinski definition) is 4. The lowest BCUT2D eigenvalue weighted by atomic mass is 9.45. The van der Waals surface area contributed by atoms with E-state index in [0.29, 0.717) is 12.3 Å². The maximum absolute atomic E-state index is 3.95. The topological polar surface area (TPSA) is 62.0 Å². The molecule has 2 aromatic carbocycles. The summed E-state index contributed by atoms with van der Waals surface area (Å²) in [6.07, 6.45) is 3.06. The van der Waals surface area contributed by atoms with Gasteiger partial charge in [0.05, 0.1) is 12.3 Å². The van der Waals surface area contributed by atoms with Gasteiger partial charge in [-0.15, -0.1) is 0 Å². The molecule has 5 nitrogen and oxygen atoms in total. The first-order chi connectivity index (χ1) is 12.7. The maximum atomic E-state index is 3.95. The minimum absolute atomic E-state index is 0. The van der Waals surface area contributed by atoms with Crippen LogP contribution in [0, 0.1) is 0 Å². The molecular formula is C22H28N4O. The first kappa shape index (κ1) is 17.0. The highest BCUT2D eigenvalue weighted by Crippen LogP contribution is 2.65. The van der Waals surface area contributed by atoms with Crippen LogP contribution in [0.4, 0.5) is 11.4 Å². The van der Waals surface area contributed by atoms with Gasteiger partial charge in [0.1, 0.15) is 0 Å². The SMILES string of the molecule is CN1CC[C@@]23c4ccccc4N[C@@H]1[C@@]21CCN(C)[C@@H]3Nc2ccccc21.O. The van der Waals surface area contributed by atoms with E-state index in [-0.39, 0.29) is 16.3 Å². The van der Waals surface area contributed by atoms with Gasteiger partial charge < -0.3 is 16.1 Å². The van der Waals surface area contributed by atoms with Crippen molar-refractivity contribution in [1.29, 1.82) is 0 Å². The van der Waals surface area contributed by atoms with Crippen LogP contribution in [0.3, 0.4) is 0 Å². The summed E-state index contributed by atoms with van der Waals surface area (Å²) < 4.78 is 0. The molecule has 6 rings (SSSR count). The predicted molar refractivity (Wildman–Crippen MR) is 109 cm³/mol. The summed E-state index contributed by atoms with van der Waals surface area (Å²) in [4.78, 5) is 5.11.